The van der Waals surface area contributed by atoms with Crippen molar-refractivity contribution in [3.63, 3.8) is 0 Å². The van der Waals surface area contributed by atoms with E-state index in [1.165, 1.54) is 0 Å². The van der Waals surface area contributed by atoms with Crippen molar-refractivity contribution in [3.05, 3.63) is 46.4 Å². The number of anilines is 1. The van der Waals surface area contributed by atoms with Crippen LogP contribution in [0.25, 0.3) is 20.8 Å². The topological polar surface area (TPSA) is 42.0 Å². The maximum atomic E-state index is 12.1. The fourth-order valence-electron chi connectivity index (χ4n) is 2.54. The minimum absolute atomic E-state index is 0.0343. The number of para-hydroxylation sites is 1. The van der Waals surface area contributed by atoms with Crippen LogP contribution in [0.3, 0.4) is 0 Å². The van der Waals surface area contributed by atoms with Crippen LogP contribution in [0, 0.1) is 0 Å². The number of unbranched alkanes of at least 4 members (excludes halogenated alkanes) is 2. The third kappa shape index (κ3) is 4.32. The quantitative estimate of drug-likeness (QED) is 0.469. The Bertz CT molecular complexity index is 875. The summed E-state index contributed by atoms with van der Waals surface area (Å²) in [6, 6.07) is 11.4. The number of nitrogens with one attached hydrogen (secondary N) is 1. The molecule has 1 heterocycles. The summed E-state index contributed by atoms with van der Waals surface area (Å²) in [6.45, 7) is 2.11. The number of benzene rings is 2. The number of thiazole rings is 1. The van der Waals surface area contributed by atoms with Crippen LogP contribution in [0.2, 0.25) is 10.0 Å². The second-order valence-electron chi connectivity index (χ2n) is 5.80. The summed E-state index contributed by atoms with van der Waals surface area (Å²) in [5.74, 6) is -0.0343. The lowest BCUT2D eigenvalue weighted by molar-refractivity contribution is -0.116. The van der Waals surface area contributed by atoms with Crippen molar-refractivity contribution in [2.75, 3.05) is 5.32 Å². The third-order valence-corrected chi connectivity index (χ3v) is 5.56. The number of hydrogen-bond acceptors (Lipinski definition) is 3. The fourth-order valence-corrected chi connectivity index (χ4v) is 4.12. The molecule has 0 aliphatic rings. The Labute approximate surface area is 161 Å². The summed E-state index contributed by atoms with van der Waals surface area (Å²) in [7, 11) is 0. The maximum Gasteiger partial charge on any atom is 0.224 e. The maximum absolute atomic E-state index is 12.1. The predicted molar refractivity (Wildman–Crippen MR) is 108 cm³/mol. The van der Waals surface area contributed by atoms with E-state index in [2.05, 4.69) is 17.2 Å². The van der Waals surface area contributed by atoms with E-state index in [0.29, 0.717) is 22.2 Å². The second kappa shape index (κ2) is 8.17. The Hall–Kier alpha value is -1.62. The van der Waals surface area contributed by atoms with Crippen molar-refractivity contribution >= 4 is 56.3 Å². The first kappa shape index (κ1) is 18.2. The molecule has 0 radical (unpaired) electrons. The Kier molecular flexibility index (Phi) is 5.94. The SMILES string of the molecule is CCCCCC(=O)Nc1cc(-c2nc3ccccc3s2)c(Cl)cc1Cl. The number of halogens is 2. The van der Waals surface area contributed by atoms with Gasteiger partial charge in [0.25, 0.3) is 0 Å². The van der Waals surface area contributed by atoms with E-state index < -0.39 is 0 Å². The standard InChI is InChI=1S/C19H18Cl2N2OS/c1-2-3-4-9-18(24)22-16-10-12(13(20)11-14(16)21)19-23-15-7-5-6-8-17(15)25-19/h5-8,10-11H,2-4,9H2,1H3,(H,22,24). The normalized spacial score (nSPS) is 11.0. The largest absolute Gasteiger partial charge is 0.325 e. The summed E-state index contributed by atoms with van der Waals surface area (Å²) in [6.07, 6.45) is 3.48. The highest BCUT2D eigenvalue weighted by molar-refractivity contribution is 7.21. The Morgan fingerprint density at radius 2 is 1.96 bits per heavy atom. The smallest absolute Gasteiger partial charge is 0.224 e. The van der Waals surface area contributed by atoms with E-state index >= 15 is 0 Å². The van der Waals surface area contributed by atoms with Crippen LogP contribution in [-0.4, -0.2) is 10.9 Å². The van der Waals surface area contributed by atoms with E-state index in [-0.39, 0.29) is 5.91 Å². The van der Waals surface area contributed by atoms with Gasteiger partial charge in [-0.3, -0.25) is 4.79 Å². The van der Waals surface area contributed by atoms with Crippen molar-refractivity contribution in [2.24, 2.45) is 0 Å². The van der Waals surface area contributed by atoms with Gasteiger partial charge in [-0.25, -0.2) is 4.98 Å². The molecule has 0 aliphatic heterocycles. The molecule has 130 valence electrons. The van der Waals surface area contributed by atoms with Crippen molar-refractivity contribution in [1.29, 1.82) is 0 Å². The zero-order valence-electron chi connectivity index (χ0n) is 13.8. The highest BCUT2D eigenvalue weighted by Gasteiger charge is 2.14. The first-order chi connectivity index (χ1) is 12.1. The second-order valence-corrected chi connectivity index (χ2v) is 7.65. The molecule has 2 aromatic carbocycles. The monoisotopic (exact) mass is 392 g/mol. The van der Waals surface area contributed by atoms with Crippen LogP contribution in [0.4, 0.5) is 5.69 Å². The van der Waals surface area contributed by atoms with Gasteiger partial charge in [0, 0.05) is 12.0 Å². The number of carbonyl (C=O) groups excluding carboxylic acids is 1. The summed E-state index contributed by atoms with van der Waals surface area (Å²) in [5, 5.41) is 4.65. The minimum Gasteiger partial charge on any atom is -0.325 e. The Morgan fingerprint density at radius 3 is 2.72 bits per heavy atom. The highest BCUT2D eigenvalue weighted by Crippen LogP contribution is 2.38. The molecule has 0 spiro atoms. The van der Waals surface area contributed by atoms with Gasteiger partial charge >= 0.3 is 0 Å². The van der Waals surface area contributed by atoms with E-state index in [9.17, 15) is 4.79 Å². The fraction of sp³-hybridized carbons (Fsp3) is 0.263. The number of fused-ring (bicyclic) bond motifs is 1. The molecule has 3 aromatic rings. The first-order valence-electron chi connectivity index (χ1n) is 8.23. The molecule has 0 saturated heterocycles. The van der Waals surface area contributed by atoms with Crippen LogP contribution < -0.4 is 5.32 Å². The number of carbonyl (C=O) groups is 1. The van der Waals surface area contributed by atoms with Crippen LogP contribution in [-0.2, 0) is 4.79 Å². The van der Waals surface area contributed by atoms with Gasteiger partial charge in [-0.2, -0.15) is 0 Å². The van der Waals surface area contributed by atoms with E-state index in [1.54, 1.807) is 23.5 Å². The number of amides is 1. The lowest BCUT2D eigenvalue weighted by Gasteiger charge is -2.10. The van der Waals surface area contributed by atoms with Gasteiger partial charge < -0.3 is 5.32 Å². The molecule has 1 amide bonds. The van der Waals surface area contributed by atoms with Crippen molar-refractivity contribution in [1.82, 2.24) is 4.98 Å². The van der Waals surface area contributed by atoms with Gasteiger partial charge in [-0.1, -0.05) is 55.1 Å². The molecule has 0 saturated carbocycles. The molecule has 25 heavy (non-hydrogen) atoms. The van der Waals surface area contributed by atoms with Gasteiger partial charge in [-0.15, -0.1) is 11.3 Å². The van der Waals surface area contributed by atoms with Crippen LogP contribution in [0.5, 0.6) is 0 Å². The van der Waals surface area contributed by atoms with Gasteiger partial charge in [0.2, 0.25) is 5.91 Å². The average Bonchev–Trinajstić information content (AvgIpc) is 3.01. The zero-order chi connectivity index (χ0) is 17.8. The Morgan fingerprint density at radius 1 is 1.16 bits per heavy atom. The van der Waals surface area contributed by atoms with Gasteiger partial charge in [0.15, 0.2) is 0 Å². The predicted octanol–water partition coefficient (Wildman–Crippen LogP) is 6.79. The Balaban J connectivity index is 1.88. The molecule has 0 aliphatic carbocycles. The summed E-state index contributed by atoms with van der Waals surface area (Å²) in [5.41, 5.74) is 2.27. The molecular formula is C19H18Cl2N2OS. The lowest BCUT2D eigenvalue weighted by atomic mass is 10.1. The summed E-state index contributed by atoms with van der Waals surface area (Å²) < 4.78 is 1.09. The third-order valence-electron chi connectivity index (χ3n) is 3.86. The summed E-state index contributed by atoms with van der Waals surface area (Å²) >= 11 is 14.2. The van der Waals surface area contributed by atoms with Crippen LogP contribution in [0.15, 0.2) is 36.4 Å². The van der Waals surface area contributed by atoms with Crippen LogP contribution >= 0.6 is 34.5 Å². The first-order valence-corrected chi connectivity index (χ1v) is 9.80. The number of rotatable bonds is 6. The molecule has 1 aromatic heterocycles. The molecular weight excluding hydrogens is 375 g/mol. The van der Waals surface area contributed by atoms with Crippen molar-refractivity contribution in [3.8, 4) is 10.6 Å². The zero-order valence-corrected chi connectivity index (χ0v) is 16.1. The van der Waals surface area contributed by atoms with Gasteiger partial charge in [-0.05, 0) is 30.7 Å². The molecule has 3 nitrogen and oxygen atoms in total. The molecule has 3 rings (SSSR count). The molecule has 0 fully saturated rings. The number of hydrogen-bond donors (Lipinski definition) is 1. The van der Waals surface area contributed by atoms with E-state index in [4.69, 9.17) is 23.2 Å². The van der Waals surface area contributed by atoms with Gasteiger partial charge in [0.1, 0.15) is 5.01 Å². The summed E-state index contributed by atoms with van der Waals surface area (Å²) in [4.78, 5) is 16.7. The minimum atomic E-state index is -0.0343. The molecule has 1 N–H and O–H groups in total. The molecule has 0 atom stereocenters. The average molecular weight is 393 g/mol. The molecule has 6 heteroatoms. The van der Waals surface area contributed by atoms with Crippen molar-refractivity contribution in [2.45, 2.75) is 32.6 Å². The van der Waals surface area contributed by atoms with Crippen LogP contribution in [0.1, 0.15) is 32.6 Å². The molecule has 0 bridgehead atoms. The van der Waals surface area contributed by atoms with Gasteiger partial charge in [0.05, 0.1) is 25.9 Å². The van der Waals surface area contributed by atoms with Crippen molar-refractivity contribution < 1.29 is 4.79 Å². The lowest BCUT2D eigenvalue weighted by Crippen LogP contribution is -2.11. The number of aromatic nitrogens is 1. The molecule has 0 unspecified atom stereocenters. The van der Waals surface area contributed by atoms with E-state index in [1.807, 2.05) is 24.3 Å². The highest BCUT2D eigenvalue weighted by atomic mass is 35.5. The number of nitrogens with zero attached hydrogens (tertiary/aromatic N) is 1. The van der Waals surface area contributed by atoms with E-state index in [0.717, 1.165) is 40.1 Å².